The van der Waals surface area contributed by atoms with Crippen LogP contribution in [0.2, 0.25) is 0 Å². The zero-order valence-corrected chi connectivity index (χ0v) is 11.0. The Bertz CT molecular complexity index is 308. The van der Waals surface area contributed by atoms with E-state index in [1.54, 1.807) is 0 Å². The number of hydrogen-bond donors (Lipinski definition) is 3. The average Bonchev–Trinajstić information content (AvgIpc) is 2.29. The lowest BCUT2D eigenvalue weighted by Crippen LogP contribution is -2.44. The number of terminal acetylenes is 1. The molecule has 0 saturated carbocycles. The molecular weight excluding hydrogens is 232 g/mol. The van der Waals surface area contributed by atoms with Crippen LogP contribution in [0.3, 0.4) is 0 Å². The Kier molecular flexibility index (Phi) is 8.46. The van der Waals surface area contributed by atoms with Gasteiger partial charge in [0, 0.05) is 13.0 Å². The number of amides is 2. The van der Waals surface area contributed by atoms with Gasteiger partial charge in [-0.1, -0.05) is 26.2 Å². The maximum Gasteiger partial charge on any atom is 0.315 e. The molecule has 0 bridgehead atoms. The second-order valence-electron chi connectivity index (χ2n) is 4.49. The molecule has 18 heavy (non-hydrogen) atoms. The molecule has 0 rings (SSSR count). The average molecular weight is 254 g/mol. The van der Waals surface area contributed by atoms with Crippen molar-refractivity contribution in [1.82, 2.24) is 10.6 Å². The number of carbonyl (C=O) groups excluding carboxylic acids is 1. The molecule has 0 heterocycles. The van der Waals surface area contributed by atoms with Crippen molar-refractivity contribution in [3.63, 3.8) is 0 Å². The largest absolute Gasteiger partial charge is 0.481 e. The van der Waals surface area contributed by atoms with Gasteiger partial charge in [0.05, 0.1) is 6.04 Å². The number of unbranched alkanes of at least 4 members (excludes halogenated alkanes) is 2. The third-order valence-electron chi connectivity index (χ3n) is 2.49. The van der Waals surface area contributed by atoms with Crippen molar-refractivity contribution in [2.24, 2.45) is 5.92 Å². The van der Waals surface area contributed by atoms with Gasteiger partial charge in [-0.25, -0.2) is 4.79 Å². The molecule has 0 radical (unpaired) electrons. The molecule has 0 spiro atoms. The van der Waals surface area contributed by atoms with Gasteiger partial charge >= 0.3 is 12.0 Å². The highest BCUT2D eigenvalue weighted by atomic mass is 16.4. The predicted octanol–water partition coefficient (Wildman–Crippen LogP) is 1.59. The number of urea groups is 1. The molecule has 1 atom stereocenters. The van der Waals surface area contributed by atoms with E-state index in [1.165, 1.54) is 0 Å². The first-order chi connectivity index (χ1) is 8.47. The van der Waals surface area contributed by atoms with Crippen molar-refractivity contribution in [3.05, 3.63) is 0 Å². The van der Waals surface area contributed by atoms with E-state index in [2.05, 4.69) is 16.6 Å². The van der Waals surface area contributed by atoms with Crippen molar-refractivity contribution in [2.45, 2.75) is 45.6 Å². The second kappa shape index (κ2) is 9.34. The molecule has 5 heteroatoms. The summed E-state index contributed by atoms with van der Waals surface area (Å²) in [6, 6.07) is -0.540. The van der Waals surface area contributed by atoms with Crippen LogP contribution in [0.4, 0.5) is 4.79 Å². The lowest BCUT2D eigenvalue weighted by molar-refractivity contribution is -0.137. The molecule has 0 fully saturated rings. The Morgan fingerprint density at radius 2 is 1.94 bits per heavy atom. The Labute approximate surface area is 108 Å². The van der Waals surface area contributed by atoms with E-state index in [0.29, 0.717) is 13.0 Å². The highest BCUT2D eigenvalue weighted by Gasteiger charge is 2.12. The first kappa shape index (κ1) is 16.3. The number of carbonyl (C=O) groups is 2. The highest BCUT2D eigenvalue weighted by Crippen LogP contribution is 2.00. The van der Waals surface area contributed by atoms with Gasteiger partial charge in [-0.2, -0.15) is 0 Å². The lowest BCUT2D eigenvalue weighted by Gasteiger charge is -2.16. The topological polar surface area (TPSA) is 78.4 Å². The minimum absolute atomic E-state index is 0.179. The summed E-state index contributed by atoms with van der Waals surface area (Å²) >= 11 is 0. The van der Waals surface area contributed by atoms with Crippen molar-refractivity contribution < 1.29 is 14.7 Å². The molecule has 0 aliphatic carbocycles. The molecule has 0 aliphatic heterocycles. The zero-order chi connectivity index (χ0) is 14.0. The van der Waals surface area contributed by atoms with Crippen molar-refractivity contribution in [3.8, 4) is 12.3 Å². The van der Waals surface area contributed by atoms with E-state index in [4.69, 9.17) is 11.5 Å². The van der Waals surface area contributed by atoms with Crippen LogP contribution in [0.1, 0.15) is 39.5 Å². The van der Waals surface area contributed by atoms with Crippen molar-refractivity contribution in [2.75, 3.05) is 6.54 Å². The maximum absolute atomic E-state index is 11.4. The summed E-state index contributed by atoms with van der Waals surface area (Å²) in [7, 11) is 0. The summed E-state index contributed by atoms with van der Waals surface area (Å²) < 4.78 is 0. The molecule has 0 aromatic rings. The molecule has 0 aromatic heterocycles. The second-order valence-corrected chi connectivity index (χ2v) is 4.49. The van der Waals surface area contributed by atoms with Crippen LogP contribution in [-0.4, -0.2) is 29.7 Å². The van der Waals surface area contributed by atoms with Crippen molar-refractivity contribution in [1.29, 1.82) is 0 Å². The minimum Gasteiger partial charge on any atom is -0.481 e. The summed E-state index contributed by atoms with van der Waals surface area (Å²) in [5.41, 5.74) is 0. The van der Waals surface area contributed by atoms with Crippen LogP contribution >= 0.6 is 0 Å². The SMILES string of the molecule is C#CC(NC(=O)NCCCCCC(=O)O)C(C)C. The number of nitrogens with one attached hydrogen (secondary N) is 2. The van der Waals surface area contributed by atoms with Gasteiger partial charge in [-0.3, -0.25) is 4.79 Å². The molecule has 1 unspecified atom stereocenters. The number of carboxylic acids is 1. The molecule has 102 valence electrons. The van der Waals surface area contributed by atoms with Gasteiger partial charge in [0.15, 0.2) is 0 Å². The fourth-order valence-corrected chi connectivity index (χ4v) is 1.37. The Balaban J connectivity index is 3.60. The number of hydrogen-bond acceptors (Lipinski definition) is 2. The van der Waals surface area contributed by atoms with Gasteiger partial charge in [-0.15, -0.1) is 6.42 Å². The van der Waals surface area contributed by atoms with Gasteiger partial charge in [0.1, 0.15) is 0 Å². The normalized spacial score (nSPS) is 11.7. The van der Waals surface area contributed by atoms with E-state index in [0.717, 1.165) is 12.8 Å². The third kappa shape index (κ3) is 8.45. The molecule has 0 saturated heterocycles. The monoisotopic (exact) mass is 254 g/mol. The molecule has 0 aliphatic rings. The molecule has 5 nitrogen and oxygen atoms in total. The van der Waals surface area contributed by atoms with Crippen LogP contribution in [-0.2, 0) is 4.79 Å². The summed E-state index contributed by atoms with van der Waals surface area (Å²) in [4.78, 5) is 21.7. The van der Waals surface area contributed by atoms with Crippen LogP contribution in [0.25, 0.3) is 0 Å². The first-order valence-corrected chi connectivity index (χ1v) is 6.19. The van der Waals surface area contributed by atoms with E-state index in [9.17, 15) is 9.59 Å². The summed E-state index contributed by atoms with van der Waals surface area (Å²) in [6.45, 7) is 4.41. The lowest BCUT2D eigenvalue weighted by atomic mass is 10.1. The van der Waals surface area contributed by atoms with Crippen LogP contribution in [0.15, 0.2) is 0 Å². The van der Waals surface area contributed by atoms with Crippen LogP contribution in [0.5, 0.6) is 0 Å². The van der Waals surface area contributed by atoms with E-state index >= 15 is 0 Å². The van der Waals surface area contributed by atoms with Gasteiger partial charge in [-0.05, 0) is 18.8 Å². The molecule has 0 aromatic carbocycles. The molecule has 2 amide bonds. The Morgan fingerprint density at radius 1 is 1.28 bits per heavy atom. The molecule has 3 N–H and O–H groups in total. The summed E-state index contributed by atoms with van der Waals surface area (Å²) in [5.74, 6) is 1.93. The fraction of sp³-hybridized carbons (Fsp3) is 0.692. The Morgan fingerprint density at radius 3 is 2.44 bits per heavy atom. The van der Waals surface area contributed by atoms with Crippen LogP contribution < -0.4 is 10.6 Å². The number of carboxylic acid groups (broad SMARTS) is 1. The van der Waals surface area contributed by atoms with E-state index in [1.807, 2.05) is 13.8 Å². The van der Waals surface area contributed by atoms with Gasteiger partial charge in [0.2, 0.25) is 0 Å². The smallest absolute Gasteiger partial charge is 0.315 e. The van der Waals surface area contributed by atoms with Gasteiger partial charge < -0.3 is 15.7 Å². The van der Waals surface area contributed by atoms with Crippen LogP contribution in [0, 0.1) is 18.3 Å². The molecular formula is C13H22N2O3. The Hall–Kier alpha value is -1.70. The summed E-state index contributed by atoms with van der Waals surface area (Å²) in [5, 5.41) is 13.8. The summed E-state index contributed by atoms with van der Waals surface area (Å²) in [6.07, 6.45) is 7.67. The van der Waals surface area contributed by atoms with E-state index in [-0.39, 0.29) is 24.4 Å². The zero-order valence-electron chi connectivity index (χ0n) is 11.0. The fourth-order valence-electron chi connectivity index (χ4n) is 1.37. The highest BCUT2D eigenvalue weighted by molar-refractivity contribution is 5.74. The minimum atomic E-state index is -0.783. The van der Waals surface area contributed by atoms with Crippen molar-refractivity contribution >= 4 is 12.0 Å². The first-order valence-electron chi connectivity index (χ1n) is 6.19. The maximum atomic E-state index is 11.4. The third-order valence-corrected chi connectivity index (χ3v) is 2.49. The van der Waals surface area contributed by atoms with Gasteiger partial charge in [0.25, 0.3) is 0 Å². The number of aliphatic carboxylic acids is 1. The quantitative estimate of drug-likeness (QED) is 0.454. The number of rotatable bonds is 8. The standard InChI is InChI=1S/C13H22N2O3/c1-4-11(10(2)3)15-13(18)14-9-7-5-6-8-12(16)17/h1,10-11H,5-9H2,2-3H3,(H,16,17)(H2,14,15,18). The predicted molar refractivity (Wildman–Crippen MR) is 70.1 cm³/mol. The van der Waals surface area contributed by atoms with E-state index < -0.39 is 5.97 Å².